The summed E-state index contributed by atoms with van der Waals surface area (Å²) in [6.45, 7) is 7.43. The van der Waals surface area contributed by atoms with Gasteiger partial charge in [-0.1, -0.05) is 89.1 Å². The molecule has 4 aromatic rings. The van der Waals surface area contributed by atoms with E-state index in [0.29, 0.717) is 6.42 Å². The molecule has 14 nitrogen and oxygen atoms in total. The van der Waals surface area contributed by atoms with Crippen LogP contribution in [0.1, 0.15) is 52.5 Å². The second-order valence-electron chi connectivity index (χ2n) is 13.0. The smallest absolute Gasteiger partial charge is 0.459 e. The molecule has 1 saturated carbocycles. The molecule has 2 aromatic heterocycles. The van der Waals surface area contributed by atoms with Gasteiger partial charge in [0.1, 0.15) is 24.7 Å². The van der Waals surface area contributed by atoms with E-state index in [4.69, 9.17) is 24.3 Å². The van der Waals surface area contributed by atoms with Gasteiger partial charge in [0.25, 0.3) is 5.56 Å². The minimum Gasteiger partial charge on any atom is -0.464 e. The van der Waals surface area contributed by atoms with Crippen LogP contribution in [0.2, 0.25) is 0 Å². The van der Waals surface area contributed by atoms with Crippen molar-refractivity contribution in [3.63, 3.8) is 0 Å². The van der Waals surface area contributed by atoms with Crippen molar-refractivity contribution in [1.82, 2.24) is 24.6 Å². The summed E-state index contributed by atoms with van der Waals surface area (Å²) in [6, 6.07) is 16.7. The zero-order chi connectivity index (χ0) is 36.6. The van der Waals surface area contributed by atoms with E-state index < -0.39 is 36.7 Å². The summed E-state index contributed by atoms with van der Waals surface area (Å²) in [4.78, 5) is 49.4. The Hall–Kier alpha value is -4.78. The number of imidazole rings is 1. The number of rotatable bonds is 18. The number of aromatic amines is 1. The number of nitrogens with one attached hydrogen (secondary N) is 2. The summed E-state index contributed by atoms with van der Waals surface area (Å²) in [7, 11) is -4.33. The number of hydrogen-bond acceptors (Lipinski definition) is 11. The molecule has 0 spiro atoms. The molecule has 272 valence electrons. The molecule has 5 rings (SSSR count). The molecule has 0 saturated heterocycles. The van der Waals surface area contributed by atoms with Crippen LogP contribution in [-0.4, -0.2) is 57.3 Å². The maximum Gasteiger partial charge on any atom is 0.459 e. The second-order valence-corrected chi connectivity index (χ2v) is 14.7. The predicted molar refractivity (Wildman–Crippen MR) is 192 cm³/mol. The molecule has 0 radical (unpaired) electrons. The third-order valence-electron chi connectivity index (χ3n) is 8.77. The number of ether oxygens (including phenoxy) is 2. The average molecular weight is 721 g/mol. The number of aromatic nitrogens is 4. The van der Waals surface area contributed by atoms with Crippen molar-refractivity contribution in [3.8, 4) is 5.75 Å². The van der Waals surface area contributed by atoms with Crippen molar-refractivity contribution in [2.75, 3.05) is 25.6 Å². The van der Waals surface area contributed by atoms with Gasteiger partial charge in [0.15, 0.2) is 11.2 Å². The normalized spacial score (nSPS) is 18.1. The fourth-order valence-electron chi connectivity index (χ4n) is 5.38. The third kappa shape index (κ3) is 9.72. The number of H-pyrrole nitrogens is 1. The third-order valence-corrected chi connectivity index (χ3v) is 10.3. The van der Waals surface area contributed by atoms with Gasteiger partial charge in [-0.25, -0.2) is 9.55 Å². The van der Waals surface area contributed by atoms with Gasteiger partial charge < -0.3 is 19.7 Å². The Labute approximate surface area is 296 Å². The number of esters is 2. The van der Waals surface area contributed by atoms with Gasteiger partial charge in [-0.15, -0.1) is 0 Å². The highest BCUT2D eigenvalue weighted by atomic mass is 31.2. The summed E-state index contributed by atoms with van der Waals surface area (Å²) in [6.07, 6.45) is 5.35. The number of hydrogen-bond donors (Lipinski definition) is 3. The van der Waals surface area contributed by atoms with E-state index in [1.165, 1.54) is 6.33 Å². The van der Waals surface area contributed by atoms with Crippen molar-refractivity contribution in [3.05, 3.63) is 88.5 Å². The Balaban J connectivity index is 1.45. The highest BCUT2D eigenvalue weighted by Gasteiger charge is 2.52. The number of carbonyl (C=O) groups is 2. The highest BCUT2D eigenvalue weighted by Crippen LogP contribution is 2.56. The predicted octanol–water partition coefficient (Wildman–Crippen LogP) is 5.52. The largest absolute Gasteiger partial charge is 0.464 e. The van der Waals surface area contributed by atoms with Gasteiger partial charge in [-0.05, 0) is 42.0 Å². The Morgan fingerprint density at radius 3 is 2.39 bits per heavy atom. The van der Waals surface area contributed by atoms with Crippen LogP contribution >= 0.6 is 7.75 Å². The first-order valence-electron chi connectivity index (χ1n) is 17.0. The average Bonchev–Trinajstić information content (AvgIpc) is 3.65. The van der Waals surface area contributed by atoms with Crippen LogP contribution in [0.4, 0.5) is 5.95 Å². The number of para-hydroxylation sites is 1. The Kier molecular flexibility index (Phi) is 12.1. The van der Waals surface area contributed by atoms with Gasteiger partial charge >= 0.3 is 19.7 Å². The van der Waals surface area contributed by atoms with Crippen molar-refractivity contribution in [2.45, 2.75) is 59.4 Å². The Morgan fingerprint density at radius 1 is 1.04 bits per heavy atom. The molecule has 51 heavy (non-hydrogen) atoms. The van der Waals surface area contributed by atoms with Crippen LogP contribution in [0.25, 0.3) is 17.4 Å². The molecule has 0 bridgehead atoms. The zero-order valence-electron chi connectivity index (χ0n) is 29.2. The molecule has 0 amide bonds. The lowest BCUT2D eigenvalue weighted by Gasteiger charge is -2.27. The molecule has 1 aliphatic carbocycles. The van der Waals surface area contributed by atoms with E-state index in [-0.39, 0.29) is 60.9 Å². The van der Waals surface area contributed by atoms with Gasteiger partial charge in [-0.3, -0.25) is 28.5 Å². The lowest BCUT2D eigenvalue weighted by Crippen LogP contribution is -2.40. The molecule has 0 aliphatic heterocycles. The quantitative estimate of drug-likeness (QED) is 0.0864. The number of nitrogen functional groups attached to an aromatic ring is 1. The van der Waals surface area contributed by atoms with Crippen LogP contribution in [0, 0.1) is 17.3 Å². The van der Waals surface area contributed by atoms with Crippen LogP contribution < -0.4 is 20.9 Å². The lowest BCUT2D eigenvalue weighted by molar-refractivity contribution is -0.149. The second kappa shape index (κ2) is 16.5. The van der Waals surface area contributed by atoms with E-state index in [9.17, 15) is 18.9 Å². The van der Waals surface area contributed by atoms with E-state index in [2.05, 4.69) is 20.0 Å². The summed E-state index contributed by atoms with van der Waals surface area (Å²) < 4.78 is 39.9. The fourth-order valence-corrected chi connectivity index (χ4v) is 6.95. The number of carbonyl (C=O) groups excluding carboxylic acids is 2. The van der Waals surface area contributed by atoms with Gasteiger partial charge in [-0.2, -0.15) is 10.1 Å². The summed E-state index contributed by atoms with van der Waals surface area (Å²) in [5.41, 5.74) is 6.27. The molecule has 2 aromatic carbocycles. The number of anilines is 1. The van der Waals surface area contributed by atoms with Crippen LogP contribution in [-0.2, 0) is 34.6 Å². The van der Waals surface area contributed by atoms with Gasteiger partial charge in [0.2, 0.25) is 5.95 Å². The number of nitrogens with two attached hydrogens (primary N) is 1. The first-order valence-corrected chi connectivity index (χ1v) is 18.6. The van der Waals surface area contributed by atoms with Crippen molar-refractivity contribution in [1.29, 1.82) is 0 Å². The number of benzene rings is 2. The van der Waals surface area contributed by atoms with Crippen LogP contribution in [0.5, 0.6) is 5.75 Å². The Morgan fingerprint density at radius 2 is 1.73 bits per heavy atom. The summed E-state index contributed by atoms with van der Waals surface area (Å²) in [5, 5.41) is 2.90. The van der Waals surface area contributed by atoms with E-state index >= 15 is 0 Å². The minimum atomic E-state index is -4.33. The summed E-state index contributed by atoms with van der Waals surface area (Å²) >= 11 is 0. The monoisotopic (exact) mass is 720 g/mol. The van der Waals surface area contributed by atoms with Crippen LogP contribution in [0.15, 0.2) is 77.4 Å². The van der Waals surface area contributed by atoms with Crippen molar-refractivity contribution >= 4 is 43.0 Å². The molecular weight excluding hydrogens is 675 g/mol. The molecule has 4 N–H and O–H groups in total. The summed E-state index contributed by atoms with van der Waals surface area (Å²) in [5.74, 6) is -1.03. The van der Waals surface area contributed by atoms with Crippen molar-refractivity contribution < 1.29 is 32.7 Å². The lowest BCUT2D eigenvalue weighted by atomic mass is 10.0. The molecule has 2 heterocycles. The molecule has 15 heteroatoms. The number of fused-ring (bicyclic) bond motifs is 1. The first kappa shape index (κ1) is 37.5. The fraction of sp³-hybridized carbons (Fsp3) is 0.417. The van der Waals surface area contributed by atoms with Gasteiger partial charge in [0.05, 0.1) is 24.5 Å². The topological polar surface area (TPSA) is 190 Å². The standard InChI is InChI=1S/C36H45N6O8P/c1-5-25(6-2)20-47-34(45)29(17-26-13-9-7-10-14-26)41-51(46,50-28-15-11-8-12-16-28)49-22-36(21-48-33(44)24(3)4)18-27(36)19-42-23-38-30-31(42)39-35(37)40-32(30)43/h7-16,19,23-25,29H,5-6,17-18,20-22H2,1-4H3,(H,41,46)(H3,37,39,40,43)/b27-19-/t29-,36?,51?/m0/s1. The van der Waals surface area contributed by atoms with E-state index in [1.54, 1.807) is 54.9 Å². The van der Waals surface area contributed by atoms with Gasteiger partial charge in [0, 0.05) is 6.20 Å². The number of nitrogens with zero attached hydrogens (tertiary/aromatic N) is 3. The van der Waals surface area contributed by atoms with E-state index in [1.807, 2.05) is 44.2 Å². The van der Waals surface area contributed by atoms with E-state index in [0.717, 1.165) is 24.0 Å². The SMILES string of the molecule is CCC(CC)COC(=O)[C@H](Cc1ccccc1)NP(=O)(OCC1(COC(=O)C(C)C)C/C1=C/n1cnc2c(=O)[nH]c(N)nc21)Oc1ccccc1. The molecule has 1 fully saturated rings. The Bertz CT molecular complexity index is 1940. The van der Waals surface area contributed by atoms with Crippen molar-refractivity contribution in [2.24, 2.45) is 17.3 Å². The molecule has 3 atom stereocenters. The highest BCUT2D eigenvalue weighted by molar-refractivity contribution is 7.52. The maximum absolute atomic E-state index is 14.8. The zero-order valence-corrected chi connectivity index (χ0v) is 30.1. The first-order chi connectivity index (χ1) is 24.4. The minimum absolute atomic E-state index is 0.0718. The molecule has 2 unspecified atom stereocenters. The molecular formula is C36H45N6O8P. The van der Waals surface area contributed by atoms with Crippen LogP contribution in [0.3, 0.4) is 0 Å². The molecule has 1 aliphatic rings. The maximum atomic E-state index is 14.8.